The number of para-hydroxylation sites is 2. The maximum absolute atomic E-state index is 5.92. The quantitative estimate of drug-likeness (QED) is 0.776. The van der Waals surface area contributed by atoms with Gasteiger partial charge >= 0.3 is 0 Å². The molecule has 2 aromatic carbocycles. The molecule has 2 heterocycles. The summed E-state index contributed by atoms with van der Waals surface area (Å²) in [6.45, 7) is 0. The zero-order chi connectivity index (χ0) is 13.4. The molecule has 20 heavy (non-hydrogen) atoms. The highest BCUT2D eigenvalue weighted by Gasteiger charge is 2.20. The molecule has 0 aliphatic carbocycles. The normalized spacial score (nSPS) is 16.0. The number of rotatable bonds is 1. The third kappa shape index (κ3) is 1.90. The molecule has 2 heteroatoms. The lowest BCUT2D eigenvalue weighted by Crippen LogP contribution is -2.14. The molecule has 0 atom stereocenters. The molecule has 0 saturated heterocycles. The van der Waals surface area contributed by atoms with Crippen molar-refractivity contribution in [1.29, 1.82) is 0 Å². The van der Waals surface area contributed by atoms with Crippen molar-refractivity contribution in [3.8, 4) is 11.5 Å². The lowest BCUT2D eigenvalue weighted by molar-refractivity contribution is 0.330. The summed E-state index contributed by atoms with van der Waals surface area (Å²) in [7, 11) is 0. The molecule has 2 aliphatic rings. The Morgan fingerprint density at radius 1 is 0.800 bits per heavy atom. The van der Waals surface area contributed by atoms with Crippen LogP contribution in [0.2, 0.25) is 0 Å². The number of hydrogen-bond acceptors (Lipinski definition) is 2. The van der Waals surface area contributed by atoms with Crippen molar-refractivity contribution >= 4 is 0 Å². The van der Waals surface area contributed by atoms with Gasteiger partial charge in [-0.1, -0.05) is 36.4 Å². The first kappa shape index (κ1) is 11.4. The van der Waals surface area contributed by atoms with Crippen LogP contribution in [0.3, 0.4) is 0 Å². The molecule has 0 amide bonds. The van der Waals surface area contributed by atoms with Gasteiger partial charge in [0.15, 0.2) is 11.5 Å². The van der Waals surface area contributed by atoms with Crippen LogP contribution in [-0.2, 0) is 12.8 Å². The summed E-state index contributed by atoms with van der Waals surface area (Å²) in [5, 5.41) is 0. The van der Waals surface area contributed by atoms with Gasteiger partial charge in [-0.2, -0.15) is 0 Å². The summed E-state index contributed by atoms with van der Waals surface area (Å²) in [6, 6.07) is 16.1. The zero-order valence-corrected chi connectivity index (χ0v) is 10.9. The van der Waals surface area contributed by atoms with E-state index in [0.717, 1.165) is 35.7 Å². The van der Waals surface area contributed by atoms with Crippen LogP contribution in [-0.4, -0.2) is 0 Å². The second-order valence-corrected chi connectivity index (χ2v) is 4.87. The van der Waals surface area contributed by atoms with Gasteiger partial charge in [-0.3, -0.25) is 0 Å². The average Bonchev–Trinajstić information content (AvgIpc) is 2.54. The highest BCUT2D eigenvalue weighted by atomic mass is 16.5. The number of ether oxygens (including phenoxy) is 2. The van der Waals surface area contributed by atoms with E-state index in [9.17, 15) is 0 Å². The van der Waals surface area contributed by atoms with Crippen LogP contribution >= 0.6 is 0 Å². The van der Waals surface area contributed by atoms with E-state index in [4.69, 9.17) is 9.47 Å². The second-order valence-electron chi connectivity index (χ2n) is 4.87. The minimum absolute atomic E-state index is 0.693. The fourth-order valence-electron chi connectivity index (χ4n) is 2.48. The Hall–Kier alpha value is -2.48. The van der Waals surface area contributed by atoms with Crippen LogP contribution in [0.25, 0.3) is 0 Å². The average molecular weight is 261 g/mol. The van der Waals surface area contributed by atoms with E-state index < -0.39 is 0 Å². The molecule has 0 spiro atoms. The minimum atomic E-state index is 0.693. The Morgan fingerprint density at radius 2 is 1.50 bits per heavy atom. The molecule has 2 aliphatic heterocycles. The fraction of sp³-hybridized carbons (Fsp3) is 0.111. The Balaban J connectivity index is 1.62. The minimum Gasteiger partial charge on any atom is -0.453 e. The lowest BCUT2D eigenvalue weighted by atomic mass is 10.0. The van der Waals surface area contributed by atoms with E-state index in [0.29, 0.717) is 5.76 Å². The van der Waals surface area contributed by atoms with Gasteiger partial charge in [-0.25, -0.2) is 0 Å². The fourth-order valence-corrected chi connectivity index (χ4v) is 2.48. The van der Waals surface area contributed by atoms with E-state index in [1.54, 1.807) is 0 Å². The van der Waals surface area contributed by atoms with Crippen molar-refractivity contribution in [3.63, 3.8) is 0 Å². The van der Waals surface area contributed by atoms with Gasteiger partial charge in [-0.15, -0.1) is 0 Å². The molecule has 0 N–H and O–H groups in total. The van der Waals surface area contributed by atoms with Crippen molar-refractivity contribution < 1.29 is 9.47 Å². The van der Waals surface area contributed by atoms with Gasteiger partial charge in [-0.05, 0) is 35.8 Å². The van der Waals surface area contributed by atoms with Crippen LogP contribution in [0.4, 0.5) is 0 Å². The third-order valence-corrected chi connectivity index (χ3v) is 3.55. The summed E-state index contributed by atoms with van der Waals surface area (Å²) >= 11 is 0. The van der Waals surface area contributed by atoms with Crippen molar-refractivity contribution in [2.75, 3.05) is 0 Å². The zero-order valence-electron chi connectivity index (χ0n) is 10.9. The predicted octanol–water partition coefficient (Wildman–Crippen LogP) is 3.83. The Kier molecular flexibility index (Phi) is 2.59. The van der Waals surface area contributed by atoms with E-state index >= 15 is 0 Å². The van der Waals surface area contributed by atoms with Gasteiger partial charge in [0.25, 0.3) is 0 Å². The smallest absolute Gasteiger partial charge is 0.173 e. The molecule has 97 valence electrons. The molecule has 0 fully saturated rings. The highest BCUT2D eigenvalue weighted by Crippen LogP contribution is 2.33. The van der Waals surface area contributed by atoms with Crippen molar-refractivity contribution in [3.05, 3.63) is 83.3 Å². The Bertz CT molecular complexity index is 662. The first-order chi connectivity index (χ1) is 9.90. The Morgan fingerprint density at radius 3 is 2.35 bits per heavy atom. The first-order valence-corrected chi connectivity index (χ1v) is 6.73. The SMILES string of the molecule is [C]1=C(C2=CCc3ccccc3O2)Oc2ccccc2C1. The predicted molar refractivity (Wildman–Crippen MR) is 76.4 cm³/mol. The third-order valence-electron chi connectivity index (χ3n) is 3.55. The van der Waals surface area contributed by atoms with Crippen LogP contribution < -0.4 is 9.47 Å². The first-order valence-electron chi connectivity index (χ1n) is 6.73. The summed E-state index contributed by atoms with van der Waals surface area (Å²) < 4.78 is 11.8. The topological polar surface area (TPSA) is 18.5 Å². The van der Waals surface area contributed by atoms with Crippen LogP contribution in [0.15, 0.2) is 66.1 Å². The van der Waals surface area contributed by atoms with Crippen molar-refractivity contribution in [2.45, 2.75) is 12.8 Å². The van der Waals surface area contributed by atoms with Gasteiger partial charge in [0.1, 0.15) is 11.5 Å². The lowest BCUT2D eigenvalue weighted by Gasteiger charge is -2.23. The standard InChI is InChI=1S/C18H13O2/c1-3-7-15-13(5-1)9-11-17(19-15)18-12-10-14-6-2-4-8-16(14)20-18/h1-8,11H,9-10H2. The molecule has 0 aromatic heterocycles. The van der Waals surface area contributed by atoms with E-state index in [1.165, 1.54) is 5.56 Å². The summed E-state index contributed by atoms with van der Waals surface area (Å²) in [4.78, 5) is 0. The number of allylic oxidation sites excluding steroid dienone is 2. The number of hydrogen-bond donors (Lipinski definition) is 0. The van der Waals surface area contributed by atoms with Gasteiger partial charge < -0.3 is 9.47 Å². The molecule has 0 bridgehead atoms. The molecule has 2 nitrogen and oxygen atoms in total. The Labute approximate surface area is 118 Å². The molecule has 2 aromatic rings. The molecule has 1 radical (unpaired) electrons. The monoisotopic (exact) mass is 261 g/mol. The summed E-state index contributed by atoms with van der Waals surface area (Å²) in [5.74, 6) is 3.25. The van der Waals surface area contributed by atoms with Gasteiger partial charge in [0.2, 0.25) is 0 Å². The van der Waals surface area contributed by atoms with Gasteiger partial charge in [0.05, 0.1) is 0 Å². The van der Waals surface area contributed by atoms with E-state index in [2.05, 4.69) is 24.3 Å². The molecule has 4 rings (SSSR count). The van der Waals surface area contributed by atoms with Crippen LogP contribution in [0, 0.1) is 6.08 Å². The van der Waals surface area contributed by atoms with Crippen LogP contribution in [0.1, 0.15) is 11.1 Å². The summed E-state index contributed by atoms with van der Waals surface area (Å²) in [6.07, 6.45) is 6.95. The van der Waals surface area contributed by atoms with E-state index in [1.807, 2.05) is 36.4 Å². The number of fused-ring (bicyclic) bond motifs is 2. The summed E-state index contributed by atoms with van der Waals surface area (Å²) in [5.41, 5.74) is 2.36. The largest absolute Gasteiger partial charge is 0.453 e. The van der Waals surface area contributed by atoms with Gasteiger partial charge in [0, 0.05) is 12.5 Å². The molecular formula is C18H13O2. The molecule has 0 saturated carbocycles. The highest BCUT2D eigenvalue weighted by molar-refractivity contribution is 5.45. The van der Waals surface area contributed by atoms with Crippen molar-refractivity contribution in [2.24, 2.45) is 0 Å². The maximum Gasteiger partial charge on any atom is 0.173 e. The molecular weight excluding hydrogens is 248 g/mol. The number of benzene rings is 2. The van der Waals surface area contributed by atoms with E-state index in [-0.39, 0.29) is 0 Å². The second kappa shape index (κ2) is 4.57. The van der Waals surface area contributed by atoms with Crippen molar-refractivity contribution in [1.82, 2.24) is 0 Å². The van der Waals surface area contributed by atoms with Crippen LogP contribution in [0.5, 0.6) is 11.5 Å². The maximum atomic E-state index is 5.92. The molecule has 0 unspecified atom stereocenters.